The maximum absolute atomic E-state index is 12.6. The third kappa shape index (κ3) is 3.00. The molecule has 0 amide bonds. The Hall–Kier alpha value is -1.09. The molecule has 0 radical (unpaired) electrons. The molecule has 0 aliphatic carbocycles. The van der Waals surface area contributed by atoms with Crippen molar-refractivity contribution in [3.05, 3.63) is 30.1 Å². The first-order valence-electron chi connectivity index (χ1n) is 4.81. The van der Waals surface area contributed by atoms with Crippen LogP contribution in [0.2, 0.25) is 0 Å². The lowest BCUT2D eigenvalue weighted by molar-refractivity contribution is 0.187. The Bertz CT molecular complexity index is 273. The predicted octanol–water partition coefficient (Wildman–Crippen LogP) is 2.33. The van der Waals surface area contributed by atoms with Crippen molar-refractivity contribution >= 4 is 0 Å². The number of ether oxygens (including phenoxy) is 1. The van der Waals surface area contributed by atoms with Gasteiger partial charge in [-0.1, -0.05) is 6.92 Å². The fraction of sp³-hybridized carbons (Fsp3) is 0.455. The Morgan fingerprint density at radius 3 is 2.43 bits per heavy atom. The number of halogens is 1. The Labute approximate surface area is 83.9 Å². The molecule has 0 aliphatic rings. The summed E-state index contributed by atoms with van der Waals surface area (Å²) < 4.78 is 18.1. The molecule has 2 atom stereocenters. The van der Waals surface area contributed by atoms with Crippen LogP contribution < -0.4 is 10.5 Å². The summed E-state index contributed by atoms with van der Waals surface area (Å²) >= 11 is 0. The molecule has 3 heteroatoms. The molecule has 1 aromatic carbocycles. The number of rotatable bonds is 4. The molecule has 0 heterocycles. The normalized spacial score (nSPS) is 14.9. The van der Waals surface area contributed by atoms with Gasteiger partial charge in [-0.25, -0.2) is 4.39 Å². The summed E-state index contributed by atoms with van der Waals surface area (Å²) in [6.45, 7) is 3.92. The molecule has 2 unspecified atom stereocenters. The summed E-state index contributed by atoms with van der Waals surface area (Å²) in [5, 5.41) is 0. The number of hydrogen-bond acceptors (Lipinski definition) is 2. The van der Waals surface area contributed by atoms with Crippen LogP contribution in [0.3, 0.4) is 0 Å². The third-order valence-electron chi connectivity index (χ3n) is 2.21. The maximum atomic E-state index is 12.6. The summed E-state index contributed by atoms with van der Waals surface area (Å²) in [6.07, 6.45) is 0.813. The Kier molecular flexibility index (Phi) is 3.89. The lowest BCUT2D eigenvalue weighted by Gasteiger charge is -2.19. The first kappa shape index (κ1) is 11.0. The lowest BCUT2D eigenvalue weighted by atomic mass is 10.1. The molecule has 2 nitrogen and oxygen atoms in total. The molecule has 2 N–H and O–H groups in total. The molecule has 0 aliphatic heterocycles. The van der Waals surface area contributed by atoms with Crippen molar-refractivity contribution in [3.8, 4) is 5.75 Å². The lowest BCUT2D eigenvalue weighted by Crippen LogP contribution is -2.35. The fourth-order valence-corrected chi connectivity index (χ4v) is 1.15. The van der Waals surface area contributed by atoms with Gasteiger partial charge in [-0.05, 0) is 37.6 Å². The van der Waals surface area contributed by atoms with Gasteiger partial charge in [0.2, 0.25) is 0 Å². The topological polar surface area (TPSA) is 35.2 Å². The van der Waals surface area contributed by atoms with Crippen LogP contribution in [-0.4, -0.2) is 12.1 Å². The molecule has 78 valence electrons. The molecule has 0 bridgehead atoms. The van der Waals surface area contributed by atoms with Crippen LogP contribution in [0.4, 0.5) is 4.39 Å². The summed E-state index contributed by atoms with van der Waals surface area (Å²) in [6, 6.07) is 5.97. The molecule has 0 spiro atoms. The fourth-order valence-electron chi connectivity index (χ4n) is 1.15. The van der Waals surface area contributed by atoms with Crippen molar-refractivity contribution in [1.29, 1.82) is 0 Å². The van der Waals surface area contributed by atoms with E-state index in [1.54, 1.807) is 12.1 Å². The van der Waals surface area contributed by atoms with E-state index in [-0.39, 0.29) is 18.0 Å². The van der Waals surface area contributed by atoms with Crippen molar-refractivity contribution in [2.24, 2.45) is 5.73 Å². The van der Waals surface area contributed by atoms with Crippen LogP contribution in [-0.2, 0) is 0 Å². The first-order valence-corrected chi connectivity index (χ1v) is 4.81. The van der Waals surface area contributed by atoms with Crippen molar-refractivity contribution in [2.75, 3.05) is 0 Å². The zero-order valence-corrected chi connectivity index (χ0v) is 8.53. The molecule has 0 saturated carbocycles. The molecule has 0 fully saturated rings. The van der Waals surface area contributed by atoms with Crippen LogP contribution in [0.25, 0.3) is 0 Å². The summed E-state index contributed by atoms with van der Waals surface area (Å²) in [7, 11) is 0. The van der Waals surface area contributed by atoms with Gasteiger partial charge in [0, 0.05) is 6.04 Å². The largest absolute Gasteiger partial charge is 0.489 e. The number of hydrogen-bond donors (Lipinski definition) is 1. The molecular formula is C11H16FNO. The van der Waals surface area contributed by atoms with Crippen LogP contribution >= 0.6 is 0 Å². The van der Waals surface area contributed by atoms with Crippen LogP contribution in [0.1, 0.15) is 20.3 Å². The van der Waals surface area contributed by atoms with E-state index in [0.29, 0.717) is 5.75 Å². The Morgan fingerprint density at radius 2 is 1.93 bits per heavy atom. The number of benzene rings is 1. The smallest absolute Gasteiger partial charge is 0.123 e. The van der Waals surface area contributed by atoms with E-state index < -0.39 is 0 Å². The van der Waals surface area contributed by atoms with Gasteiger partial charge in [0.25, 0.3) is 0 Å². The van der Waals surface area contributed by atoms with Gasteiger partial charge in [0.05, 0.1) is 0 Å². The van der Waals surface area contributed by atoms with E-state index in [4.69, 9.17) is 10.5 Å². The van der Waals surface area contributed by atoms with Crippen molar-refractivity contribution < 1.29 is 9.13 Å². The Balaban J connectivity index is 2.56. The highest BCUT2D eigenvalue weighted by molar-refractivity contribution is 5.22. The minimum Gasteiger partial charge on any atom is -0.489 e. The van der Waals surface area contributed by atoms with Gasteiger partial charge in [-0.2, -0.15) is 0 Å². The minimum absolute atomic E-state index is 0.0139. The van der Waals surface area contributed by atoms with E-state index in [9.17, 15) is 4.39 Å². The molecule has 1 aromatic rings. The van der Waals surface area contributed by atoms with Crippen molar-refractivity contribution in [1.82, 2.24) is 0 Å². The quantitative estimate of drug-likeness (QED) is 0.804. The highest BCUT2D eigenvalue weighted by Gasteiger charge is 2.11. The third-order valence-corrected chi connectivity index (χ3v) is 2.21. The maximum Gasteiger partial charge on any atom is 0.123 e. The van der Waals surface area contributed by atoms with E-state index in [0.717, 1.165) is 6.42 Å². The van der Waals surface area contributed by atoms with E-state index in [2.05, 4.69) is 0 Å². The van der Waals surface area contributed by atoms with Crippen molar-refractivity contribution in [2.45, 2.75) is 32.4 Å². The second kappa shape index (κ2) is 4.96. The monoisotopic (exact) mass is 197 g/mol. The van der Waals surface area contributed by atoms with Crippen LogP contribution in [0, 0.1) is 5.82 Å². The van der Waals surface area contributed by atoms with E-state index in [1.807, 2.05) is 13.8 Å². The van der Waals surface area contributed by atoms with Gasteiger partial charge < -0.3 is 10.5 Å². The molecular weight excluding hydrogens is 181 g/mol. The minimum atomic E-state index is -0.259. The van der Waals surface area contributed by atoms with Gasteiger partial charge in [-0.15, -0.1) is 0 Å². The van der Waals surface area contributed by atoms with Crippen LogP contribution in [0.5, 0.6) is 5.75 Å². The average Bonchev–Trinajstić information content (AvgIpc) is 2.20. The summed E-state index contributed by atoms with van der Waals surface area (Å²) in [5.41, 5.74) is 5.80. The molecule has 14 heavy (non-hydrogen) atoms. The molecule has 0 saturated heterocycles. The first-order chi connectivity index (χ1) is 6.63. The highest BCUT2D eigenvalue weighted by atomic mass is 19.1. The van der Waals surface area contributed by atoms with E-state index in [1.165, 1.54) is 12.1 Å². The standard InChI is InChI=1S/C11H16FNO/c1-3-11(13)8(2)14-10-6-4-9(12)5-7-10/h4-8,11H,3,13H2,1-2H3. The second-order valence-electron chi connectivity index (χ2n) is 3.35. The van der Waals surface area contributed by atoms with Crippen LogP contribution in [0.15, 0.2) is 24.3 Å². The summed E-state index contributed by atoms with van der Waals surface area (Å²) in [4.78, 5) is 0. The van der Waals surface area contributed by atoms with Gasteiger partial charge in [0.15, 0.2) is 0 Å². The molecule has 1 rings (SSSR count). The Morgan fingerprint density at radius 1 is 1.36 bits per heavy atom. The van der Waals surface area contributed by atoms with Gasteiger partial charge in [0.1, 0.15) is 17.7 Å². The van der Waals surface area contributed by atoms with Gasteiger partial charge >= 0.3 is 0 Å². The average molecular weight is 197 g/mol. The zero-order chi connectivity index (χ0) is 10.6. The molecule has 0 aromatic heterocycles. The zero-order valence-electron chi connectivity index (χ0n) is 8.53. The SMILES string of the molecule is CCC(N)C(C)Oc1ccc(F)cc1. The number of nitrogens with two attached hydrogens (primary N) is 1. The highest BCUT2D eigenvalue weighted by Crippen LogP contribution is 2.14. The predicted molar refractivity (Wildman–Crippen MR) is 54.8 cm³/mol. The van der Waals surface area contributed by atoms with Gasteiger partial charge in [-0.3, -0.25) is 0 Å². The second-order valence-corrected chi connectivity index (χ2v) is 3.35. The van der Waals surface area contributed by atoms with E-state index >= 15 is 0 Å². The van der Waals surface area contributed by atoms with Crippen molar-refractivity contribution in [3.63, 3.8) is 0 Å². The summed E-state index contributed by atoms with van der Waals surface area (Å²) in [5.74, 6) is 0.396.